The predicted octanol–water partition coefficient (Wildman–Crippen LogP) is 4.71. The van der Waals surface area contributed by atoms with Crippen molar-refractivity contribution in [3.05, 3.63) is 75.7 Å². The van der Waals surface area contributed by atoms with Gasteiger partial charge in [0.25, 0.3) is 11.1 Å². The van der Waals surface area contributed by atoms with Gasteiger partial charge in [-0.15, -0.1) is 10.2 Å². The highest BCUT2D eigenvalue weighted by atomic mass is 32.2. The Morgan fingerprint density at radius 2 is 1.84 bits per heavy atom. The number of esters is 2. The Bertz CT molecular complexity index is 1690. The molecule has 0 atom stereocenters. The van der Waals surface area contributed by atoms with E-state index in [0.29, 0.717) is 24.0 Å². The highest BCUT2D eigenvalue weighted by Crippen LogP contribution is 2.40. The maximum absolute atomic E-state index is 12.9. The highest BCUT2D eigenvalue weighted by molar-refractivity contribution is 7.98. The molecule has 1 aromatic heterocycles. The summed E-state index contributed by atoms with van der Waals surface area (Å²) in [5.74, 6) is -1.65. The van der Waals surface area contributed by atoms with Crippen LogP contribution in [0, 0.1) is 10.1 Å². The van der Waals surface area contributed by atoms with Crippen LogP contribution in [0.4, 0.5) is 5.69 Å². The number of aromatic nitrogens is 2. The molecule has 0 fully saturated rings. The van der Waals surface area contributed by atoms with E-state index in [9.17, 15) is 29.6 Å². The van der Waals surface area contributed by atoms with Gasteiger partial charge in [0.1, 0.15) is 17.9 Å². The minimum atomic E-state index is -0.675. The van der Waals surface area contributed by atoms with E-state index in [-0.39, 0.29) is 70.1 Å². The van der Waals surface area contributed by atoms with Crippen LogP contribution >= 0.6 is 11.8 Å². The van der Waals surface area contributed by atoms with Crippen molar-refractivity contribution in [1.29, 1.82) is 0 Å². The number of nitro groups is 1. The summed E-state index contributed by atoms with van der Waals surface area (Å²) in [7, 11) is 1.23. The summed E-state index contributed by atoms with van der Waals surface area (Å²) in [4.78, 5) is 47.4. The minimum Gasteiger partial charge on any atom is -0.506 e. The molecule has 2 N–H and O–H groups in total. The van der Waals surface area contributed by atoms with Gasteiger partial charge >= 0.3 is 17.6 Å². The average Bonchev–Trinajstić information content (AvgIpc) is 3.47. The Labute approximate surface area is 254 Å². The molecule has 0 unspecified atom stereocenters. The number of nitrogens with one attached hydrogen (secondary N) is 1. The molecule has 15 heteroatoms. The number of carbonyl (C=O) groups excluding carboxylic acids is 3. The van der Waals surface area contributed by atoms with Crippen molar-refractivity contribution in [1.82, 2.24) is 15.5 Å². The van der Waals surface area contributed by atoms with Crippen LogP contribution in [0.5, 0.6) is 17.2 Å². The van der Waals surface area contributed by atoms with Crippen LogP contribution in [0.15, 0.2) is 58.2 Å². The number of rotatable bonds is 14. The van der Waals surface area contributed by atoms with Gasteiger partial charge < -0.3 is 29.1 Å². The molecule has 0 spiro atoms. The van der Waals surface area contributed by atoms with Crippen LogP contribution in [0.2, 0.25) is 0 Å². The molecule has 0 bridgehead atoms. The van der Waals surface area contributed by atoms with E-state index in [0.717, 1.165) is 11.8 Å². The number of phenols is 1. The molecular weight excluding hydrogens is 596 g/mol. The third kappa shape index (κ3) is 8.01. The van der Waals surface area contributed by atoms with Crippen LogP contribution in [0.1, 0.15) is 41.6 Å². The standard InChI is InChI=1S/C29H28N4O10S/c1-3-12-41-26(35)15-24-31-32-29(43-24)44-16-17-8-9-22(21(13-17)33(38)39)42-23-14-20(28(37)30-11-10-25(34)40-2)27(36)19-7-5-4-6-18(19)23/h4-9,13-14,36H,3,10-12,15-16H2,1-2H3,(H,30,37). The van der Waals surface area contributed by atoms with Gasteiger partial charge in [-0.2, -0.15) is 0 Å². The van der Waals surface area contributed by atoms with Crippen LogP contribution in [-0.2, 0) is 31.2 Å². The topological polar surface area (TPSA) is 193 Å². The third-order valence-electron chi connectivity index (χ3n) is 6.08. The van der Waals surface area contributed by atoms with E-state index < -0.39 is 22.8 Å². The number of hydrogen-bond acceptors (Lipinski definition) is 13. The first-order chi connectivity index (χ1) is 21.2. The van der Waals surface area contributed by atoms with Gasteiger partial charge in [0.05, 0.1) is 30.6 Å². The minimum absolute atomic E-state index is 0.0324. The van der Waals surface area contributed by atoms with Crippen LogP contribution in [-0.4, -0.2) is 58.3 Å². The van der Waals surface area contributed by atoms with Gasteiger partial charge in [0.2, 0.25) is 11.6 Å². The van der Waals surface area contributed by atoms with Crippen molar-refractivity contribution in [2.75, 3.05) is 20.3 Å². The zero-order valence-electron chi connectivity index (χ0n) is 23.7. The number of thioether (sulfide) groups is 1. The van der Waals surface area contributed by atoms with Crippen molar-refractivity contribution in [2.24, 2.45) is 0 Å². The molecule has 0 radical (unpaired) electrons. The highest BCUT2D eigenvalue weighted by Gasteiger charge is 2.22. The number of amides is 1. The fourth-order valence-electron chi connectivity index (χ4n) is 3.96. The number of ether oxygens (including phenoxy) is 3. The number of carbonyl (C=O) groups is 3. The summed E-state index contributed by atoms with van der Waals surface area (Å²) in [6, 6.07) is 12.2. The summed E-state index contributed by atoms with van der Waals surface area (Å²) in [6.07, 6.45) is 0.460. The molecule has 1 heterocycles. The molecule has 4 rings (SSSR count). The molecule has 0 saturated carbocycles. The van der Waals surface area contributed by atoms with E-state index >= 15 is 0 Å². The normalized spacial score (nSPS) is 10.8. The molecule has 0 saturated heterocycles. The molecule has 230 valence electrons. The third-order valence-corrected chi connectivity index (χ3v) is 6.97. The van der Waals surface area contributed by atoms with Crippen molar-refractivity contribution in [3.63, 3.8) is 0 Å². The van der Waals surface area contributed by atoms with Gasteiger partial charge in [-0.3, -0.25) is 24.5 Å². The Morgan fingerprint density at radius 3 is 2.57 bits per heavy atom. The van der Waals surface area contributed by atoms with E-state index in [1.807, 2.05) is 6.92 Å². The molecule has 3 aromatic carbocycles. The molecule has 1 amide bonds. The SMILES string of the molecule is CCCOC(=O)Cc1nnc(SCc2ccc(Oc3cc(C(=O)NCCC(=O)OC)c(O)c4ccccc34)c([N+](=O)[O-])c2)o1. The predicted molar refractivity (Wildman–Crippen MR) is 157 cm³/mol. The van der Waals surface area contributed by atoms with Crippen molar-refractivity contribution >= 4 is 46.1 Å². The largest absolute Gasteiger partial charge is 0.506 e. The van der Waals surface area contributed by atoms with Gasteiger partial charge in [-0.1, -0.05) is 49.0 Å². The lowest BCUT2D eigenvalue weighted by atomic mass is 10.0. The number of methoxy groups -OCH3 is 1. The lowest BCUT2D eigenvalue weighted by Gasteiger charge is -2.14. The number of benzene rings is 3. The zero-order valence-corrected chi connectivity index (χ0v) is 24.5. The monoisotopic (exact) mass is 624 g/mol. The van der Waals surface area contributed by atoms with Crippen LogP contribution < -0.4 is 10.1 Å². The van der Waals surface area contributed by atoms with Crippen molar-refractivity contribution in [2.45, 2.75) is 37.2 Å². The first-order valence-corrected chi connectivity index (χ1v) is 14.3. The van der Waals surface area contributed by atoms with Crippen LogP contribution in [0.25, 0.3) is 10.8 Å². The Morgan fingerprint density at radius 1 is 1.07 bits per heavy atom. The lowest BCUT2D eigenvalue weighted by Crippen LogP contribution is -2.26. The van der Waals surface area contributed by atoms with E-state index in [2.05, 4.69) is 20.3 Å². The molecule has 0 aliphatic heterocycles. The molecular formula is C29H28N4O10S. The summed E-state index contributed by atoms with van der Waals surface area (Å²) in [6.45, 7) is 2.14. The second-order valence-corrected chi connectivity index (χ2v) is 10.1. The average molecular weight is 625 g/mol. The second-order valence-electron chi connectivity index (χ2n) is 9.21. The van der Waals surface area contributed by atoms with Crippen molar-refractivity contribution in [3.8, 4) is 17.2 Å². The fraction of sp³-hybridized carbons (Fsp3) is 0.276. The summed E-state index contributed by atoms with van der Waals surface area (Å²) < 4.78 is 21.0. The Balaban J connectivity index is 1.53. The van der Waals surface area contributed by atoms with Gasteiger partial charge in [0, 0.05) is 29.1 Å². The number of aromatic hydroxyl groups is 1. The molecule has 4 aromatic rings. The maximum Gasteiger partial charge on any atom is 0.315 e. The number of fused-ring (bicyclic) bond motifs is 1. The van der Waals surface area contributed by atoms with Crippen LogP contribution in [0.3, 0.4) is 0 Å². The van der Waals surface area contributed by atoms with E-state index in [1.165, 1.54) is 25.3 Å². The number of nitrogens with zero attached hydrogens (tertiary/aromatic N) is 3. The summed E-state index contributed by atoms with van der Waals surface area (Å²) >= 11 is 1.13. The second kappa shape index (κ2) is 14.8. The van der Waals surface area contributed by atoms with Gasteiger partial charge in [-0.25, -0.2) is 0 Å². The number of phenolic OH excluding ortho intramolecular Hbond substituents is 1. The van der Waals surface area contributed by atoms with Gasteiger partial charge in [0.15, 0.2) is 0 Å². The fourth-order valence-corrected chi connectivity index (χ4v) is 4.69. The smallest absolute Gasteiger partial charge is 0.315 e. The van der Waals surface area contributed by atoms with E-state index in [4.69, 9.17) is 13.9 Å². The number of hydrogen-bond donors (Lipinski definition) is 2. The zero-order chi connectivity index (χ0) is 31.6. The molecule has 44 heavy (non-hydrogen) atoms. The Hall–Kier alpha value is -5.18. The lowest BCUT2D eigenvalue weighted by molar-refractivity contribution is -0.385. The van der Waals surface area contributed by atoms with E-state index in [1.54, 1.807) is 30.3 Å². The molecule has 14 nitrogen and oxygen atoms in total. The van der Waals surface area contributed by atoms with Gasteiger partial charge in [-0.05, 0) is 24.1 Å². The summed E-state index contributed by atoms with van der Waals surface area (Å²) in [5.41, 5.74) is 0.0726. The number of nitro benzene ring substituents is 1. The summed E-state index contributed by atoms with van der Waals surface area (Å²) in [5, 5.41) is 34.0. The maximum atomic E-state index is 12.9. The Kier molecular flexibility index (Phi) is 10.7. The molecule has 0 aliphatic carbocycles. The first kappa shape index (κ1) is 31.7. The molecule has 0 aliphatic rings. The van der Waals surface area contributed by atoms with Crippen molar-refractivity contribution < 1.29 is 43.0 Å². The quantitative estimate of drug-likeness (QED) is 0.0848. The first-order valence-electron chi connectivity index (χ1n) is 13.4.